The second-order valence-corrected chi connectivity index (χ2v) is 8.06. The molecule has 0 amide bonds. The molecule has 1 aliphatic carbocycles. The van der Waals surface area contributed by atoms with Crippen molar-refractivity contribution < 1.29 is 8.42 Å². The standard InChI is InChI=1S/C14H16N2O2S2/c1-10-8-15-14(19-10)9-16-20(17,18)13-6-5-11-3-2-4-12(11)7-13/h5-8,16H,2-4,9H2,1H3. The highest BCUT2D eigenvalue weighted by Gasteiger charge is 2.18. The molecule has 0 radical (unpaired) electrons. The van der Waals surface area contributed by atoms with Gasteiger partial charge in [-0.25, -0.2) is 18.1 Å². The van der Waals surface area contributed by atoms with E-state index in [0.29, 0.717) is 4.90 Å². The van der Waals surface area contributed by atoms with Crippen LogP contribution >= 0.6 is 11.3 Å². The Labute approximate surface area is 122 Å². The van der Waals surface area contributed by atoms with Gasteiger partial charge in [0.2, 0.25) is 10.0 Å². The van der Waals surface area contributed by atoms with Crippen molar-refractivity contribution in [2.45, 2.75) is 37.6 Å². The number of nitrogens with one attached hydrogen (secondary N) is 1. The van der Waals surface area contributed by atoms with Crippen LogP contribution in [0.3, 0.4) is 0 Å². The molecular formula is C14H16N2O2S2. The number of hydrogen-bond acceptors (Lipinski definition) is 4. The van der Waals surface area contributed by atoms with E-state index in [0.717, 1.165) is 34.7 Å². The fourth-order valence-corrected chi connectivity index (χ4v) is 4.29. The zero-order valence-corrected chi connectivity index (χ0v) is 12.9. The normalized spacial score (nSPS) is 14.4. The third-order valence-corrected chi connectivity index (χ3v) is 5.77. The Morgan fingerprint density at radius 2 is 2.10 bits per heavy atom. The second kappa shape index (κ2) is 5.27. The molecule has 1 aromatic heterocycles. The third-order valence-electron chi connectivity index (χ3n) is 3.46. The van der Waals surface area contributed by atoms with Gasteiger partial charge in [0.15, 0.2) is 0 Å². The van der Waals surface area contributed by atoms with Crippen LogP contribution in [0.4, 0.5) is 0 Å². The highest BCUT2D eigenvalue weighted by atomic mass is 32.2. The second-order valence-electron chi connectivity index (χ2n) is 4.97. The average molecular weight is 308 g/mol. The third kappa shape index (κ3) is 2.77. The zero-order valence-electron chi connectivity index (χ0n) is 11.2. The molecular weight excluding hydrogens is 292 g/mol. The summed E-state index contributed by atoms with van der Waals surface area (Å²) in [7, 11) is -3.45. The molecule has 0 spiro atoms. The fraction of sp³-hybridized carbons (Fsp3) is 0.357. The molecule has 20 heavy (non-hydrogen) atoms. The van der Waals surface area contributed by atoms with E-state index in [-0.39, 0.29) is 6.54 Å². The smallest absolute Gasteiger partial charge is 0.240 e. The van der Waals surface area contributed by atoms with Crippen LogP contribution in [0.5, 0.6) is 0 Å². The molecule has 6 heteroatoms. The number of benzene rings is 1. The molecule has 1 aliphatic rings. The first-order valence-electron chi connectivity index (χ1n) is 6.57. The summed E-state index contributed by atoms with van der Waals surface area (Å²) in [6.07, 6.45) is 4.90. The van der Waals surface area contributed by atoms with Gasteiger partial charge in [-0.2, -0.15) is 0 Å². The van der Waals surface area contributed by atoms with Gasteiger partial charge in [-0.05, 0) is 49.4 Å². The Hall–Kier alpha value is -1.24. The lowest BCUT2D eigenvalue weighted by molar-refractivity contribution is 0.581. The monoisotopic (exact) mass is 308 g/mol. The van der Waals surface area contributed by atoms with Crippen molar-refractivity contribution in [1.82, 2.24) is 9.71 Å². The quantitative estimate of drug-likeness (QED) is 0.943. The maximum atomic E-state index is 12.3. The predicted molar refractivity (Wildman–Crippen MR) is 79.3 cm³/mol. The summed E-state index contributed by atoms with van der Waals surface area (Å²) in [5, 5.41) is 0.784. The molecule has 0 saturated heterocycles. The first kappa shape index (κ1) is 13.7. The molecule has 0 bridgehead atoms. The van der Waals surface area contributed by atoms with Crippen LogP contribution in [-0.2, 0) is 29.4 Å². The van der Waals surface area contributed by atoms with E-state index in [1.807, 2.05) is 13.0 Å². The Morgan fingerprint density at radius 1 is 1.30 bits per heavy atom. The van der Waals surface area contributed by atoms with Crippen LogP contribution in [0.1, 0.15) is 27.4 Å². The maximum Gasteiger partial charge on any atom is 0.240 e. The van der Waals surface area contributed by atoms with Crippen LogP contribution in [0.25, 0.3) is 0 Å². The first-order chi connectivity index (χ1) is 9.54. The van der Waals surface area contributed by atoms with Gasteiger partial charge in [-0.15, -0.1) is 11.3 Å². The minimum atomic E-state index is -3.45. The zero-order chi connectivity index (χ0) is 14.2. The Bertz CT molecular complexity index is 735. The number of hydrogen-bond donors (Lipinski definition) is 1. The number of fused-ring (bicyclic) bond motifs is 1. The summed E-state index contributed by atoms with van der Waals surface area (Å²) in [5.41, 5.74) is 2.44. The van der Waals surface area contributed by atoms with Crippen molar-refractivity contribution in [2.24, 2.45) is 0 Å². The number of sulfonamides is 1. The van der Waals surface area contributed by atoms with Crippen molar-refractivity contribution in [3.63, 3.8) is 0 Å². The van der Waals surface area contributed by atoms with Crippen molar-refractivity contribution in [2.75, 3.05) is 0 Å². The summed E-state index contributed by atoms with van der Waals surface area (Å²) >= 11 is 1.51. The van der Waals surface area contributed by atoms with Crippen LogP contribution < -0.4 is 4.72 Å². The highest BCUT2D eigenvalue weighted by Crippen LogP contribution is 2.24. The van der Waals surface area contributed by atoms with Crippen molar-refractivity contribution >= 4 is 21.4 Å². The van der Waals surface area contributed by atoms with E-state index in [9.17, 15) is 8.42 Å². The Balaban J connectivity index is 1.78. The average Bonchev–Trinajstić information content (AvgIpc) is 3.04. The van der Waals surface area contributed by atoms with Crippen molar-refractivity contribution in [3.05, 3.63) is 45.4 Å². The van der Waals surface area contributed by atoms with Crippen LogP contribution in [0.2, 0.25) is 0 Å². The van der Waals surface area contributed by atoms with E-state index in [2.05, 4.69) is 9.71 Å². The maximum absolute atomic E-state index is 12.3. The van der Waals surface area contributed by atoms with Gasteiger partial charge < -0.3 is 0 Å². The SMILES string of the molecule is Cc1cnc(CNS(=O)(=O)c2ccc3c(c2)CCC3)s1. The lowest BCUT2D eigenvalue weighted by Gasteiger charge is -2.07. The lowest BCUT2D eigenvalue weighted by Crippen LogP contribution is -2.23. The van der Waals surface area contributed by atoms with Gasteiger partial charge in [0.25, 0.3) is 0 Å². The molecule has 2 aromatic rings. The van der Waals surface area contributed by atoms with Gasteiger partial charge in [0.1, 0.15) is 5.01 Å². The summed E-state index contributed by atoms with van der Waals surface area (Å²) in [6, 6.07) is 5.43. The van der Waals surface area contributed by atoms with Gasteiger partial charge in [0.05, 0.1) is 11.4 Å². The molecule has 1 aromatic carbocycles. The number of rotatable bonds is 4. The first-order valence-corrected chi connectivity index (χ1v) is 8.87. The highest BCUT2D eigenvalue weighted by molar-refractivity contribution is 7.89. The van der Waals surface area contributed by atoms with E-state index in [1.165, 1.54) is 16.9 Å². The minimum Gasteiger partial charge on any atom is -0.248 e. The van der Waals surface area contributed by atoms with Crippen LogP contribution in [0.15, 0.2) is 29.3 Å². The fourth-order valence-electron chi connectivity index (χ4n) is 2.44. The van der Waals surface area contributed by atoms with Crippen LogP contribution in [-0.4, -0.2) is 13.4 Å². The van der Waals surface area contributed by atoms with Gasteiger partial charge >= 0.3 is 0 Å². The number of aromatic nitrogens is 1. The van der Waals surface area contributed by atoms with Gasteiger partial charge in [-0.3, -0.25) is 0 Å². The number of thiazole rings is 1. The minimum absolute atomic E-state index is 0.248. The number of nitrogens with zero attached hydrogens (tertiary/aromatic N) is 1. The predicted octanol–water partition coefficient (Wildman–Crippen LogP) is 2.42. The molecule has 1 N–H and O–H groups in total. The topological polar surface area (TPSA) is 59.1 Å². The molecule has 1 heterocycles. The van der Waals surface area contributed by atoms with Gasteiger partial charge in [-0.1, -0.05) is 6.07 Å². The van der Waals surface area contributed by atoms with E-state index < -0.39 is 10.0 Å². The summed E-state index contributed by atoms with van der Waals surface area (Å²) in [5.74, 6) is 0. The molecule has 0 fully saturated rings. The molecule has 0 unspecified atom stereocenters. The Morgan fingerprint density at radius 3 is 2.85 bits per heavy atom. The Kier molecular flexibility index (Phi) is 3.62. The summed E-state index contributed by atoms with van der Waals surface area (Å²) in [6.45, 7) is 2.20. The molecule has 0 saturated carbocycles. The molecule has 4 nitrogen and oxygen atoms in total. The van der Waals surface area contributed by atoms with E-state index >= 15 is 0 Å². The molecule has 0 atom stereocenters. The lowest BCUT2D eigenvalue weighted by atomic mass is 10.1. The van der Waals surface area contributed by atoms with E-state index in [4.69, 9.17) is 0 Å². The molecule has 106 valence electrons. The van der Waals surface area contributed by atoms with Crippen molar-refractivity contribution in [1.29, 1.82) is 0 Å². The summed E-state index contributed by atoms with van der Waals surface area (Å²) in [4.78, 5) is 5.60. The largest absolute Gasteiger partial charge is 0.248 e. The van der Waals surface area contributed by atoms with Crippen LogP contribution in [0, 0.1) is 6.92 Å². The summed E-state index contributed by atoms with van der Waals surface area (Å²) < 4.78 is 27.2. The van der Waals surface area contributed by atoms with E-state index in [1.54, 1.807) is 18.3 Å². The van der Waals surface area contributed by atoms with Gasteiger partial charge in [0, 0.05) is 11.1 Å². The molecule has 3 rings (SSSR count). The molecule has 0 aliphatic heterocycles. The van der Waals surface area contributed by atoms with Crippen molar-refractivity contribution in [3.8, 4) is 0 Å². The number of aryl methyl sites for hydroxylation is 3.